The van der Waals surface area contributed by atoms with E-state index in [9.17, 15) is 18.0 Å². The maximum Gasteiger partial charge on any atom is 0.328 e. The van der Waals surface area contributed by atoms with Gasteiger partial charge in [-0.3, -0.25) is 9.59 Å². The molecule has 2 fully saturated rings. The summed E-state index contributed by atoms with van der Waals surface area (Å²) in [5.74, 6) is 0.181. The van der Waals surface area contributed by atoms with Gasteiger partial charge in [-0.1, -0.05) is 30.3 Å². The molecule has 2 saturated heterocycles. The summed E-state index contributed by atoms with van der Waals surface area (Å²) in [5.41, 5.74) is 4.38. The molecular formula is C27H33NO7S. The fraction of sp³-hybridized carbons (Fsp3) is 0.481. The number of methoxy groups -OCH3 is 1. The minimum atomic E-state index is -3.88. The van der Waals surface area contributed by atoms with Gasteiger partial charge in [0.15, 0.2) is 11.0 Å². The summed E-state index contributed by atoms with van der Waals surface area (Å²) in [6, 6.07) is 14.0. The summed E-state index contributed by atoms with van der Waals surface area (Å²) in [4.78, 5) is 23.2. The van der Waals surface area contributed by atoms with E-state index >= 15 is 0 Å². The molecular weight excluding hydrogens is 482 g/mol. The highest BCUT2D eigenvalue weighted by Gasteiger charge is 2.55. The van der Waals surface area contributed by atoms with Crippen LogP contribution in [-0.2, 0) is 29.1 Å². The smallest absolute Gasteiger partial charge is 0.328 e. The molecule has 36 heavy (non-hydrogen) atoms. The van der Waals surface area contributed by atoms with Crippen LogP contribution < -0.4 is 4.74 Å². The minimum absolute atomic E-state index is 0.0182. The summed E-state index contributed by atoms with van der Waals surface area (Å²) >= 11 is 0. The second kappa shape index (κ2) is 11.1. The Kier molecular flexibility index (Phi) is 8.12. The molecule has 2 aromatic carbocycles. The van der Waals surface area contributed by atoms with Crippen LogP contribution in [0.1, 0.15) is 42.7 Å². The number of aldehydes is 1. The number of aryl methyl sites for hydroxylation is 1. The molecule has 0 radical (unpaired) electrons. The van der Waals surface area contributed by atoms with Crippen molar-refractivity contribution in [2.45, 2.75) is 43.3 Å². The third kappa shape index (κ3) is 5.05. The number of ether oxygens (including phenoxy) is 3. The number of piperidine rings is 1. The normalized spacial score (nSPS) is 18.9. The molecule has 0 N–H and O–H groups in total. The Morgan fingerprint density at radius 1 is 1.14 bits per heavy atom. The van der Waals surface area contributed by atoms with E-state index in [1.807, 2.05) is 24.3 Å². The van der Waals surface area contributed by atoms with Gasteiger partial charge in [-0.25, -0.2) is 12.7 Å². The molecule has 2 aliphatic heterocycles. The number of hydrogen-bond acceptors (Lipinski definition) is 7. The lowest BCUT2D eigenvalue weighted by molar-refractivity contribution is -0.146. The van der Waals surface area contributed by atoms with Crippen molar-refractivity contribution in [2.75, 3.05) is 40.0 Å². The third-order valence-corrected chi connectivity index (χ3v) is 9.94. The first kappa shape index (κ1) is 26.3. The van der Waals surface area contributed by atoms with Gasteiger partial charge >= 0.3 is 5.97 Å². The van der Waals surface area contributed by atoms with Gasteiger partial charge in [-0.15, -0.1) is 0 Å². The van der Waals surface area contributed by atoms with E-state index in [4.69, 9.17) is 14.2 Å². The maximum atomic E-state index is 13.6. The minimum Gasteiger partial charge on any atom is -0.486 e. The number of carbonyl (C=O) groups is 2. The van der Waals surface area contributed by atoms with Crippen molar-refractivity contribution in [1.29, 1.82) is 0 Å². The number of nitrogens with zero attached hydrogens (tertiary/aromatic N) is 1. The number of esters is 1. The van der Waals surface area contributed by atoms with Gasteiger partial charge in [0.2, 0.25) is 10.0 Å². The molecule has 0 bridgehead atoms. The number of sulfonamides is 1. The van der Waals surface area contributed by atoms with Crippen LogP contribution in [0.5, 0.6) is 5.75 Å². The number of benzene rings is 2. The Morgan fingerprint density at radius 3 is 2.50 bits per heavy atom. The zero-order valence-electron chi connectivity index (χ0n) is 20.8. The lowest BCUT2D eigenvalue weighted by Gasteiger charge is -2.40. The standard InChI is InChI=1S/C27H33NO7S/c1-20-18-22(6-7-25(20)23-4-3-5-24(19-23)35-17-14-29)21-8-12-28(13-9-21)36(31,32)27(26(30)33-2)10-15-34-16-11-27/h3-7,14,18-19,21H,8-13,15-17H2,1-2H3. The molecule has 4 rings (SSSR count). The zero-order valence-corrected chi connectivity index (χ0v) is 21.6. The summed E-state index contributed by atoms with van der Waals surface area (Å²) in [6.45, 7) is 3.26. The topological polar surface area (TPSA) is 99.2 Å². The zero-order chi connectivity index (χ0) is 25.8. The number of hydrogen-bond donors (Lipinski definition) is 0. The van der Waals surface area contributed by atoms with E-state index < -0.39 is 20.7 Å². The average Bonchev–Trinajstić information content (AvgIpc) is 2.91. The van der Waals surface area contributed by atoms with E-state index in [1.165, 1.54) is 17.0 Å². The summed E-state index contributed by atoms with van der Waals surface area (Å²) in [7, 11) is -2.64. The lowest BCUT2D eigenvalue weighted by atomic mass is 9.87. The van der Waals surface area contributed by atoms with Crippen LogP contribution in [-0.4, -0.2) is 69.7 Å². The predicted octanol–water partition coefficient (Wildman–Crippen LogP) is 3.47. The molecule has 0 amide bonds. The monoisotopic (exact) mass is 515 g/mol. The molecule has 2 aliphatic rings. The SMILES string of the molecule is COC(=O)C1(S(=O)(=O)N2CCC(c3ccc(-c4cccc(OCC=O)c4)c(C)c3)CC2)CCOCC1. The van der Waals surface area contributed by atoms with Gasteiger partial charge in [-0.05, 0) is 60.1 Å². The van der Waals surface area contributed by atoms with E-state index in [1.54, 1.807) is 0 Å². The Bertz CT molecular complexity index is 1200. The van der Waals surface area contributed by atoms with Crippen molar-refractivity contribution >= 4 is 22.3 Å². The van der Waals surface area contributed by atoms with Gasteiger partial charge in [0, 0.05) is 39.1 Å². The second-order valence-electron chi connectivity index (χ2n) is 9.36. The summed E-state index contributed by atoms with van der Waals surface area (Å²) in [5, 5.41) is 0. The first-order chi connectivity index (χ1) is 17.3. The van der Waals surface area contributed by atoms with E-state index in [0.29, 0.717) is 31.7 Å². The Morgan fingerprint density at radius 2 is 1.86 bits per heavy atom. The van der Waals surface area contributed by atoms with Gasteiger partial charge in [0.05, 0.1) is 7.11 Å². The Labute approximate surface area is 212 Å². The first-order valence-corrected chi connectivity index (χ1v) is 13.7. The fourth-order valence-corrected chi connectivity index (χ4v) is 7.44. The summed E-state index contributed by atoms with van der Waals surface area (Å²) < 4.78 is 42.8. The first-order valence-electron chi connectivity index (χ1n) is 12.3. The predicted molar refractivity (Wildman–Crippen MR) is 135 cm³/mol. The van der Waals surface area contributed by atoms with Gasteiger partial charge in [-0.2, -0.15) is 0 Å². The van der Waals surface area contributed by atoms with Crippen molar-refractivity contribution < 1.29 is 32.2 Å². The van der Waals surface area contributed by atoms with E-state index in [2.05, 4.69) is 25.1 Å². The van der Waals surface area contributed by atoms with Crippen molar-refractivity contribution in [2.24, 2.45) is 0 Å². The van der Waals surface area contributed by atoms with Crippen molar-refractivity contribution in [3.05, 3.63) is 53.6 Å². The van der Waals surface area contributed by atoms with Crippen LogP contribution in [0, 0.1) is 6.92 Å². The molecule has 0 saturated carbocycles. The van der Waals surface area contributed by atoms with Gasteiger partial charge in [0.1, 0.15) is 12.4 Å². The Hall–Kier alpha value is -2.75. The molecule has 194 valence electrons. The van der Waals surface area contributed by atoms with Crippen LogP contribution in [0.3, 0.4) is 0 Å². The van der Waals surface area contributed by atoms with Crippen molar-refractivity contribution in [1.82, 2.24) is 4.31 Å². The third-order valence-electron chi connectivity index (χ3n) is 7.33. The second-order valence-corrected chi connectivity index (χ2v) is 11.6. The number of carbonyl (C=O) groups excluding carboxylic acids is 2. The average molecular weight is 516 g/mol. The lowest BCUT2D eigenvalue weighted by Crippen LogP contribution is -2.57. The number of rotatable bonds is 8. The van der Waals surface area contributed by atoms with Crippen molar-refractivity contribution in [3.8, 4) is 16.9 Å². The highest BCUT2D eigenvalue weighted by Crippen LogP contribution is 2.38. The van der Waals surface area contributed by atoms with Crippen molar-refractivity contribution in [3.63, 3.8) is 0 Å². The largest absolute Gasteiger partial charge is 0.486 e. The molecule has 0 unspecified atom stereocenters. The van der Waals surface area contributed by atoms with Crippen LogP contribution in [0.25, 0.3) is 11.1 Å². The molecule has 0 spiro atoms. The van der Waals surface area contributed by atoms with Crippen LogP contribution in [0.15, 0.2) is 42.5 Å². The molecule has 2 heterocycles. The maximum absolute atomic E-state index is 13.6. The highest BCUT2D eigenvalue weighted by atomic mass is 32.2. The van der Waals surface area contributed by atoms with E-state index in [0.717, 1.165) is 23.0 Å². The van der Waals surface area contributed by atoms with Crippen LogP contribution in [0.2, 0.25) is 0 Å². The quantitative estimate of drug-likeness (QED) is 0.392. The molecule has 8 nitrogen and oxygen atoms in total. The Balaban J connectivity index is 1.47. The molecule has 9 heteroatoms. The van der Waals surface area contributed by atoms with Gasteiger partial charge in [0.25, 0.3) is 0 Å². The van der Waals surface area contributed by atoms with Crippen LogP contribution in [0.4, 0.5) is 0 Å². The van der Waals surface area contributed by atoms with E-state index in [-0.39, 0.29) is 38.6 Å². The van der Waals surface area contributed by atoms with Crippen LogP contribution >= 0.6 is 0 Å². The molecule has 0 atom stereocenters. The molecule has 0 aliphatic carbocycles. The summed E-state index contributed by atoms with van der Waals surface area (Å²) in [6.07, 6.45) is 2.32. The van der Waals surface area contributed by atoms with Gasteiger partial charge < -0.3 is 14.2 Å². The highest BCUT2D eigenvalue weighted by molar-refractivity contribution is 7.91. The molecule has 0 aromatic heterocycles. The fourth-order valence-electron chi connectivity index (χ4n) is 5.28. The molecule has 2 aromatic rings.